The second kappa shape index (κ2) is 5.36. The van der Waals surface area contributed by atoms with Crippen LogP contribution in [0.15, 0.2) is 54.6 Å². The maximum absolute atomic E-state index is 11.3. The molecule has 1 unspecified atom stereocenters. The van der Waals surface area contributed by atoms with E-state index in [9.17, 15) is 15.0 Å². The first-order chi connectivity index (χ1) is 8.66. The zero-order chi connectivity index (χ0) is 13.0. The van der Waals surface area contributed by atoms with Gasteiger partial charge in [-0.15, -0.1) is 0 Å². The summed E-state index contributed by atoms with van der Waals surface area (Å²) in [5, 5.41) is 18.7. The molecule has 2 aromatic rings. The molecule has 0 aliphatic carbocycles. The van der Waals surface area contributed by atoms with Crippen molar-refractivity contribution in [3.63, 3.8) is 0 Å². The minimum Gasteiger partial charge on any atom is -0.508 e. The van der Waals surface area contributed by atoms with Crippen LogP contribution < -0.4 is 0 Å². The summed E-state index contributed by atoms with van der Waals surface area (Å²) in [6.45, 7) is 0. The SMILES string of the molecule is O=C(O)C(Cc1ccccc1)c1cccc(O)c1. The Morgan fingerprint density at radius 3 is 2.39 bits per heavy atom. The van der Waals surface area contributed by atoms with E-state index in [0.29, 0.717) is 12.0 Å². The smallest absolute Gasteiger partial charge is 0.311 e. The number of carbonyl (C=O) groups is 1. The third kappa shape index (κ3) is 2.88. The van der Waals surface area contributed by atoms with Crippen LogP contribution in [0.1, 0.15) is 17.0 Å². The van der Waals surface area contributed by atoms with Crippen LogP contribution in [0.3, 0.4) is 0 Å². The van der Waals surface area contributed by atoms with Gasteiger partial charge in [-0.25, -0.2) is 0 Å². The van der Waals surface area contributed by atoms with Crippen molar-refractivity contribution in [3.8, 4) is 5.75 Å². The Kier molecular flexibility index (Phi) is 3.63. The van der Waals surface area contributed by atoms with Gasteiger partial charge in [0.05, 0.1) is 5.92 Å². The lowest BCUT2D eigenvalue weighted by Gasteiger charge is -2.13. The van der Waals surface area contributed by atoms with Crippen LogP contribution in [0.4, 0.5) is 0 Å². The fourth-order valence-electron chi connectivity index (χ4n) is 1.94. The molecule has 2 aromatic carbocycles. The first kappa shape index (κ1) is 12.2. The standard InChI is InChI=1S/C15H14O3/c16-13-8-4-7-12(10-13)14(15(17)18)9-11-5-2-1-3-6-11/h1-8,10,14,16H,9H2,(H,17,18). The zero-order valence-corrected chi connectivity index (χ0v) is 9.78. The number of aliphatic carboxylic acids is 1. The summed E-state index contributed by atoms with van der Waals surface area (Å²) < 4.78 is 0. The highest BCUT2D eigenvalue weighted by Gasteiger charge is 2.20. The molecule has 3 nitrogen and oxygen atoms in total. The highest BCUT2D eigenvalue weighted by atomic mass is 16.4. The van der Waals surface area contributed by atoms with Crippen LogP contribution in [-0.4, -0.2) is 16.2 Å². The third-order valence-electron chi connectivity index (χ3n) is 2.85. The van der Waals surface area contributed by atoms with E-state index in [1.807, 2.05) is 30.3 Å². The van der Waals surface area contributed by atoms with E-state index in [-0.39, 0.29) is 5.75 Å². The lowest BCUT2D eigenvalue weighted by Crippen LogP contribution is -2.14. The fourth-order valence-corrected chi connectivity index (χ4v) is 1.94. The minimum atomic E-state index is -0.885. The van der Waals surface area contributed by atoms with Crippen molar-refractivity contribution in [3.05, 3.63) is 65.7 Å². The Labute approximate surface area is 105 Å². The number of hydrogen-bond donors (Lipinski definition) is 2. The molecule has 3 heteroatoms. The molecule has 0 fully saturated rings. The maximum atomic E-state index is 11.3. The van der Waals surface area contributed by atoms with E-state index < -0.39 is 11.9 Å². The minimum absolute atomic E-state index is 0.0896. The van der Waals surface area contributed by atoms with Gasteiger partial charge in [0, 0.05) is 0 Å². The molecule has 0 spiro atoms. The van der Waals surface area contributed by atoms with Gasteiger partial charge in [0.15, 0.2) is 0 Å². The topological polar surface area (TPSA) is 57.5 Å². The van der Waals surface area contributed by atoms with Crippen molar-refractivity contribution in [2.24, 2.45) is 0 Å². The van der Waals surface area contributed by atoms with Crippen molar-refractivity contribution in [2.75, 3.05) is 0 Å². The Balaban J connectivity index is 2.27. The first-order valence-corrected chi connectivity index (χ1v) is 5.72. The van der Waals surface area contributed by atoms with Crippen molar-refractivity contribution < 1.29 is 15.0 Å². The van der Waals surface area contributed by atoms with Crippen molar-refractivity contribution >= 4 is 5.97 Å². The van der Waals surface area contributed by atoms with Gasteiger partial charge in [0.25, 0.3) is 0 Å². The molecule has 2 rings (SSSR count). The molecule has 0 radical (unpaired) electrons. The third-order valence-corrected chi connectivity index (χ3v) is 2.85. The lowest BCUT2D eigenvalue weighted by atomic mass is 9.92. The second-order valence-corrected chi connectivity index (χ2v) is 4.18. The number of phenols is 1. The van der Waals surface area contributed by atoms with Crippen molar-refractivity contribution in [1.82, 2.24) is 0 Å². The summed E-state index contributed by atoms with van der Waals surface area (Å²) in [6.07, 6.45) is 0.416. The summed E-state index contributed by atoms with van der Waals surface area (Å²) in [7, 11) is 0. The number of carboxylic acids is 1. The molecule has 0 amide bonds. The van der Waals surface area contributed by atoms with Crippen LogP contribution in [0, 0.1) is 0 Å². The molecule has 0 heterocycles. The summed E-state index contributed by atoms with van der Waals surface area (Å²) in [6, 6.07) is 15.9. The molecule has 0 aliphatic heterocycles. The van der Waals surface area contributed by atoms with E-state index in [1.54, 1.807) is 12.1 Å². The summed E-state index contributed by atoms with van der Waals surface area (Å²) >= 11 is 0. The molecule has 18 heavy (non-hydrogen) atoms. The molecule has 0 aromatic heterocycles. The van der Waals surface area contributed by atoms with Gasteiger partial charge in [0.2, 0.25) is 0 Å². The number of hydrogen-bond acceptors (Lipinski definition) is 2. The highest BCUT2D eigenvalue weighted by Crippen LogP contribution is 2.24. The second-order valence-electron chi connectivity index (χ2n) is 4.18. The number of aromatic hydroxyl groups is 1. The Hall–Kier alpha value is -2.29. The Bertz CT molecular complexity index is 534. The van der Waals surface area contributed by atoms with Crippen molar-refractivity contribution in [1.29, 1.82) is 0 Å². The van der Waals surface area contributed by atoms with Gasteiger partial charge in [-0.2, -0.15) is 0 Å². The predicted octanol–water partition coefficient (Wildman–Crippen LogP) is 2.80. The van der Waals surface area contributed by atoms with Gasteiger partial charge in [0.1, 0.15) is 5.75 Å². The lowest BCUT2D eigenvalue weighted by molar-refractivity contribution is -0.138. The van der Waals surface area contributed by atoms with Crippen LogP contribution in [0.2, 0.25) is 0 Å². The van der Waals surface area contributed by atoms with Crippen LogP contribution in [0.5, 0.6) is 5.75 Å². The summed E-state index contributed by atoms with van der Waals surface area (Å²) in [5.74, 6) is -1.43. The molecule has 0 saturated heterocycles. The molecular weight excluding hydrogens is 228 g/mol. The molecule has 2 N–H and O–H groups in total. The average molecular weight is 242 g/mol. The summed E-state index contributed by atoms with van der Waals surface area (Å²) in [5.41, 5.74) is 1.58. The molecule has 0 saturated carbocycles. The number of carboxylic acid groups (broad SMARTS) is 1. The normalized spacial score (nSPS) is 12.0. The van der Waals surface area contributed by atoms with Crippen LogP contribution in [-0.2, 0) is 11.2 Å². The quantitative estimate of drug-likeness (QED) is 0.866. The van der Waals surface area contributed by atoms with E-state index >= 15 is 0 Å². The molecule has 92 valence electrons. The van der Waals surface area contributed by atoms with Gasteiger partial charge in [-0.05, 0) is 29.7 Å². The predicted molar refractivity (Wildman–Crippen MR) is 68.6 cm³/mol. The first-order valence-electron chi connectivity index (χ1n) is 5.72. The maximum Gasteiger partial charge on any atom is 0.311 e. The number of benzene rings is 2. The van der Waals surface area contributed by atoms with Crippen LogP contribution >= 0.6 is 0 Å². The van der Waals surface area contributed by atoms with Crippen LogP contribution in [0.25, 0.3) is 0 Å². The van der Waals surface area contributed by atoms with Crippen molar-refractivity contribution in [2.45, 2.75) is 12.3 Å². The molecular formula is C15H14O3. The average Bonchev–Trinajstić information content (AvgIpc) is 2.37. The van der Waals surface area contributed by atoms with E-state index in [2.05, 4.69) is 0 Å². The molecule has 0 bridgehead atoms. The Morgan fingerprint density at radius 2 is 1.78 bits per heavy atom. The molecule has 1 atom stereocenters. The van der Waals surface area contributed by atoms with E-state index in [0.717, 1.165) is 5.56 Å². The van der Waals surface area contributed by atoms with Gasteiger partial charge in [-0.3, -0.25) is 4.79 Å². The van der Waals surface area contributed by atoms with Gasteiger partial charge < -0.3 is 10.2 Å². The Morgan fingerprint density at radius 1 is 1.06 bits per heavy atom. The highest BCUT2D eigenvalue weighted by molar-refractivity contribution is 5.76. The monoisotopic (exact) mass is 242 g/mol. The largest absolute Gasteiger partial charge is 0.508 e. The summed E-state index contributed by atoms with van der Waals surface area (Å²) in [4.78, 5) is 11.3. The fraction of sp³-hybridized carbons (Fsp3) is 0.133. The van der Waals surface area contributed by atoms with E-state index in [4.69, 9.17) is 0 Å². The zero-order valence-electron chi connectivity index (χ0n) is 9.78. The molecule has 0 aliphatic rings. The van der Waals surface area contributed by atoms with Gasteiger partial charge in [-0.1, -0.05) is 42.5 Å². The van der Waals surface area contributed by atoms with E-state index in [1.165, 1.54) is 12.1 Å². The van der Waals surface area contributed by atoms with Gasteiger partial charge >= 0.3 is 5.97 Å². The number of rotatable bonds is 4. The number of phenolic OH excluding ortho intramolecular Hbond substituents is 1.